The zero-order chi connectivity index (χ0) is 18.1. The van der Waals surface area contributed by atoms with E-state index < -0.39 is 9.84 Å². The smallest absolute Gasteiger partial charge is 0.193 e. The maximum atomic E-state index is 12.3. The van der Waals surface area contributed by atoms with Gasteiger partial charge in [0.2, 0.25) is 0 Å². The summed E-state index contributed by atoms with van der Waals surface area (Å²) < 4.78 is 24.6. The second-order valence-corrected chi connectivity index (χ2v) is 9.59. The number of hydrogen-bond acceptors (Lipinski definition) is 4. The Hall–Kier alpha value is -1.21. The number of guanidine groups is 1. The lowest BCUT2D eigenvalue weighted by Crippen LogP contribution is -2.48. The van der Waals surface area contributed by atoms with E-state index in [0.717, 1.165) is 37.8 Å². The van der Waals surface area contributed by atoms with Crippen LogP contribution in [0.5, 0.6) is 0 Å². The number of aliphatic imine (C=N–C) groups is 1. The van der Waals surface area contributed by atoms with Gasteiger partial charge in [-0.25, -0.2) is 8.42 Å². The Labute approximate surface area is 156 Å². The quantitative estimate of drug-likeness (QED) is 0.446. The third-order valence-corrected chi connectivity index (χ3v) is 7.35. The van der Waals surface area contributed by atoms with Gasteiger partial charge in [-0.1, -0.05) is 25.1 Å². The molecule has 1 atom stereocenters. The van der Waals surface area contributed by atoms with Crippen LogP contribution in [0.3, 0.4) is 0 Å². The number of hydrogen-bond donors (Lipinski definition) is 1. The van der Waals surface area contributed by atoms with Gasteiger partial charge in [-0.3, -0.25) is 4.99 Å². The van der Waals surface area contributed by atoms with Gasteiger partial charge in [0.05, 0.1) is 10.6 Å². The Kier molecular flexibility index (Phi) is 8.09. The molecule has 1 unspecified atom stereocenters. The van der Waals surface area contributed by atoms with Crippen molar-refractivity contribution >= 4 is 27.6 Å². The van der Waals surface area contributed by atoms with Gasteiger partial charge >= 0.3 is 0 Å². The minimum atomic E-state index is -3.21. The highest BCUT2D eigenvalue weighted by atomic mass is 32.2. The van der Waals surface area contributed by atoms with E-state index in [0.29, 0.717) is 23.1 Å². The maximum Gasteiger partial charge on any atom is 0.193 e. The van der Waals surface area contributed by atoms with Gasteiger partial charge in [-0.2, -0.15) is 11.8 Å². The molecule has 1 saturated heterocycles. The van der Waals surface area contributed by atoms with E-state index >= 15 is 0 Å². The molecule has 1 fully saturated rings. The third kappa shape index (κ3) is 6.22. The van der Waals surface area contributed by atoms with E-state index in [9.17, 15) is 8.42 Å². The van der Waals surface area contributed by atoms with Gasteiger partial charge in [-0.05, 0) is 31.9 Å². The van der Waals surface area contributed by atoms with Crippen molar-refractivity contribution in [3.63, 3.8) is 0 Å². The lowest BCUT2D eigenvalue weighted by atomic mass is 10.3. The zero-order valence-corrected chi connectivity index (χ0v) is 16.8. The van der Waals surface area contributed by atoms with E-state index in [4.69, 9.17) is 0 Å². The Morgan fingerprint density at radius 2 is 2.08 bits per heavy atom. The first-order valence-electron chi connectivity index (χ1n) is 8.99. The molecule has 1 aromatic rings. The summed E-state index contributed by atoms with van der Waals surface area (Å²) in [4.78, 5) is 7.36. The molecule has 0 aromatic heterocycles. The number of rotatable bonds is 7. The van der Waals surface area contributed by atoms with Crippen molar-refractivity contribution in [1.82, 2.24) is 10.2 Å². The normalized spacial score (nSPS) is 19.0. The summed E-state index contributed by atoms with van der Waals surface area (Å²) in [5.74, 6) is 2.16. The highest BCUT2D eigenvalue weighted by molar-refractivity contribution is 8.00. The summed E-state index contributed by atoms with van der Waals surface area (Å²) in [6.07, 6.45) is 1.70. The summed E-state index contributed by atoms with van der Waals surface area (Å²) in [7, 11) is -3.21. The number of nitrogens with zero attached hydrogens (tertiary/aromatic N) is 2. The van der Waals surface area contributed by atoms with Crippen molar-refractivity contribution < 1.29 is 8.42 Å². The topological polar surface area (TPSA) is 61.8 Å². The Balaban J connectivity index is 1.91. The fraction of sp³-hybridized carbons (Fsp3) is 0.611. The fourth-order valence-electron chi connectivity index (χ4n) is 2.77. The van der Waals surface area contributed by atoms with Crippen LogP contribution < -0.4 is 5.32 Å². The van der Waals surface area contributed by atoms with E-state index in [1.54, 1.807) is 24.3 Å². The van der Waals surface area contributed by atoms with Gasteiger partial charge in [0.25, 0.3) is 0 Å². The van der Waals surface area contributed by atoms with Crippen molar-refractivity contribution in [2.45, 2.75) is 36.8 Å². The average Bonchev–Trinajstić information content (AvgIpc) is 2.65. The lowest BCUT2D eigenvalue weighted by Gasteiger charge is -2.34. The summed E-state index contributed by atoms with van der Waals surface area (Å²) >= 11 is 2.03. The summed E-state index contributed by atoms with van der Waals surface area (Å²) in [6, 6.07) is 8.64. The highest BCUT2D eigenvalue weighted by Gasteiger charge is 2.21. The highest BCUT2D eigenvalue weighted by Crippen LogP contribution is 2.21. The van der Waals surface area contributed by atoms with Gasteiger partial charge in [0, 0.05) is 37.2 Å². The van der Waals surface area contributed by atoms with Crippen LogP contribution in [0.25, 0.3) is 0 Å². The zero-order valence-electron chi connectivity index (χ0n) is 15.1. The Bertz CT molecular complexity index is 648. The van der Waals surface area contributed by atoms with Crippen molar-refractivity contribution in [2.75, 3.05) is 37.7 Å². The molecule has 0 spiro atoms. The van der Waals surface area contributed by atoms with Crippen molar-refractivity contribution in [3.05, 3.63) is 30.3 Å². The van der Waals surface area contributed by atoms with Crippen LogP contribution >= 0.6 is 11.8 Å². The molecule has 1 aromatic carbocycles. The molecule has 5 nitrogen and oxygen atoms in total. The standard InChI is InChI=1S/C18H29N3O2S2/c1-3-16-15-21(12-13-24-16)18(19-4-2)20-11-8-14-25(22,23)17-9-6-5-7-10-17/h5-7,9-10,16H,3-4,8,11-15H2,1-2H3,(H,19,20). The maximum absolute atomic E-state index is 12.3. The first-order chi connectivity index (χ1) is 12.1. The Morgan fingerprint density at radius 3 is 2.76 bits per heavy atom. The number of benzene rings is 1. The second-order valence-electron chi connectivity index (χ2n) is 6.07. The minimum Gasteiger partial charge on any atom is -0.357 e. The summed E-state index contributed by atoms with van der Waals surface area (Å²) in [5.41, 5.74) is 0. The van der Waals surface area contributed by atoms with Crippen LogP contribution in [0.15, 0.2) is 40.2 Å². The first-order valence-corrected chi connectivity index (χ1v) is 11.7. The lowest BCUT2D eigenvalue weighted by molar-refractivity contribution is 0.408. The van der Waals surface area contributed by atoms with Crippen molar-refractivity contribution in [3.8, 4) is 0 Å². The molecule has 0 radical (unpaired) electrons. The minimum absolute atomic E-state index is 0.132. The van der Waals surface area contributed by atoms with Gasteiger partial charge < -0.3 is 10.2 Å². The van der Waals surface area contributed by atoms with Crippen LogP contribution in [-0.4, -0.2) is 62.2 Å². The van der Waals surface area contributed by atoms with E-state index in [1.807, 2.05) is 17.8 Å². The van der Waals surface area contributed by atoms with E-state index in [2.05, 4.69) is 29.1 Å². The van der Waals surface area contributed by atoms with Gasteiger partial charge in [-0.15, -0.1) is 0 Å². The molecule has 140 valence electrons. The van der Waals surface area contributed by atoms with Gasteiger partial charge in [0.1, 0.15) is 0 Å². The average molecular weight is 384 g/mol. The van der Waals surface area contributed by atoms with Gasteiger partial charge in [0.15, 0.2) is 15.8 Å². The molecule has 1 heterocycles. The number of nitrogens with one attached hydrogen (secondary N) is 1. The van der Waals surface area contributed by atoms with E-state index in [-0.39, 0.29) is 5.75 Å². The van der Waals surface area contributed by atoms with Crippen LogP contribution in [0.1, 0.15) is 26.7 Å². The van der Waals surface area contributed by atoms with Crippen LogP contribution in [-0.2, 0) is 9.84 Å². The molecule has 0 saturated carbocycles. The number of sulfone groups is 1. The predicted octanol–water partition coefficient (Wildman–Crippen LogP) is 2.64. The Morgan fingerprint density at radius 1 is 1.32 bits per heavy atom. The SMILES string of the molecule is CCNC(=NCCCS(=O)(=O)c1ccccc1)N1CCSC(CC)C1. The van der Waals surface area contributed by atoms with Crippen LogP contribution in [0, 0.1) is 0 Å². The van der Waals surface area contributed by atoms with Crippen LogP contribution in [0.2, 0.25) is 0 Å². The van der Waals surface area contributed by atoms with Crippen LogP contribution in [0.4, 0.5) is 0 Å². The molecular weight excluding hydrogens is 354 g/mol. The molecule has 2 rings (SSSR count). The third-order valence-electron chi connectivity index (χ3n) is 4.16. The van der Waals surface area contributed by atoms with E-state index in [1.165, 1.54) is 0 Å². The van der Waals surface area contributed by atoms with Crippen molar-refractivity contribution in [2.24, 2.45) is 4.99 Å². The summed E-state index contributed by atoms with van der Waals surface area (Å²) in [6.45, 7) is 7.63. The first kappa shape index (κ1) is 20.1. The molecule has 1 N–H and O–H groups in total. The molecule has 25 heavy (non-hydrogen) atoms. The molecule has 0 bridgehead atoms. The molecule has 0 aliphatic carbocycles. The predicted molar refractivity (Wildman–Crippen MR) is 107 cm³/mol. The second kappa shape index (κ2) is 10.1. The fourth-order valence-corrected chi connectivity index (χ4v) is 5.27. The monoisotopic (exact) mass is 383 g/mol. The molecule has 1 aliphatic rings. The molecular formula is C18H29N3O2S2. The van der Waals surface area contributed by atoms with Crippen molar-refractivity contribution in [1.29, 1.82) is 0 Å². The molecule has 7 heteroatoms. The molecule has 1 aliphatic heterocycles. The number of thioether (sulfide) groups is 1. The largest absolute Gasteiger partial charge is 0.357 e. The summed E-state index contributed by atoms with van der Waals surface area (Å²) in [5, 5.41) is 3.99. The molecule has 0 amide bonds.